The van der Waals surface area contributed by atoms with E-state index in [-0.39, 0.29) is 30.4 Å². The summed E-state index contributed by atoms with van der Waals surface area (Å²) in [6.45, 7) is 2.55. The molecular formula is C18H17ClN2O2S2. The average Bonchev–Trinajstić information content (AvgIpc) is 3.23. The molecule has 130 valence electrons. The molecule has 7 heteroatoms. The first-order chi connectivity index (χ1) is 12.0. The van der Waals surface area contributed by atoms with Crippen molar-refractivity contribution in [1.29, 1.82) is 0 Å². The van der Waals surface area contributed by atoms with Crippen LogP contribution in [-0.4, -0.2) is 23.2 Å². The Labute approximate surface area is 158 Å². The summed E-state index contributed by atoms with van der Waals surface area (Å²) in [7, 11) is 0. The van der Waals surface area contributed by atoms with Crippen LogP contribution in [0.25, 0.3) is 10.2 Å². The molecular weight excluding hydrogens is 376 g/mol. The van der Waals surface area contributed by atoms with Crippen LogP contribution in [-0.2, 0) is 4.79 Å². The summed E-state index contributed by atoms with van der Waals surface area (Å²) < 4.78 is 1.73. The minimum atomic E-state index is -0.121. The zero-order valence-electron chi connectivity index (χ0n) is 13.6. The maximum absolute atomic E-state index is 12.0. The Balaban J connectivity index is 1.47. The Morgan fingerprint density at radius 3 is 2.68 bits per heavy atom. The van der Waals surface area contributed by atoms with Gasteiger partial charge in [0.1, 0.15) is 0 Å². The van der Waals surface area contributed by atoms with Crippen LogP contribution in [0.15, 0.2) is 36.4 Å². The Bertz CT molecular complexity index is 870. The third kappa shape index (κ3) is 4.66. The zero-order chi connectivity index (χ0) is 17.8. The van der Waals surface area contributed by atoms with Crippen molar-refractivity contribution in [3.05, 3.63) is 50.6 Å². The quantitative estimate of drug-likeness (QED) is 0.582. The second-order valence-electron chi connectivity index (χ2n) is 5.75. The first-order valence-corrected chi connectivity index (χ1v) is 9.94. The predicted octanol–water partition coefficient (Wildman–Crippen LogP) is 4.89. The number of hydrogen-bond donors (Lipinski definition) is 1. The Morgan fingerprint density at radius 2 is 1.96 bits per heavy atom. The Hall–Kier alpha value is -1.76. The zero-order valence-corrected chi connectivity index (χ0v) is 16.0. The molecule has 1 unspecified atom stereocenters. The summed E-state index contributed by atoms with van der Waals surface area (Å²) in [5.41, 5.74) is 0.987. The highest BCUT2D eigenvalue weighted by atomic mass is 35.5. The van der Waals surface area contributed by atoms with Crippen LogP contribution in [0.3, 0.4) is 0 Å². The summed E-state index contributed by atoms with van der Waals surface area (Å²) in [5.74, 6) is -0.0385. The molecule has 1 aromatic carbocycles. The van der Waals surface area contributed by atoms with Gasteiger partial charge in [-0.1, -0.05) is 30.7 Å². The van der Waals surface area contributed by atoms with Crippen molar-refractivity contribution in [1.82, 2.24) is 10.3 Å². The number of para-hydroxylation sites is 1. The van der Waals surface area contributed by atoms with Gasteiger partial charge in [-0.15, -0.1) is 22.7 Å². The van der Waals surface area contributed by atoms with Crippen LogP contribution in [0.1, 0.15) is 40.4 Å². The topological polar surface area (TPSA) is 59.1 Å². The summed E-state index contributed by atoms with van der Waals surface area (Å²) in [6.07, 6.45) is 0.374. The lowest BCUT2D eigenvalue weighted by molar-refractivity contribution is -0.121. The normalized spacial score (nSPS) is 12.2. The van der Waals surface area contributed by atoms with Crippen molar-refractivity contribution in [2.24, 2.45) is 0 Å². The number of halogens is 1. The van der Waals surface area contributed by atoms with Crippen LogP contribution in [0.2, 0.25) is 4.34 Å². The van der Waals surface area contributed by atoms with Crippen molar-refractivity contribution in [3.63, 3.8) is 0 Å². The maximum Gasteiger partial charge on any atom is 0.220 e. The molecule has 3 rings (SSSR count). The number of hydrogen-bond acceptors (Lipinski definition) is 5. The van der Waals surface area contributed by atoms with Gasteiger partial charge in [-0.2, -0.15) is 0 Å². The molecule has 3 aromatic rings. The molecule has 0 aliphatic heterocycles. The number of ketones is 1. The van der Waals surface area contributed by atoms with E-state index in [2.05, 4.69) is 10.3 Å². The van der Waals surface area contributed by atoms with Crippen LogP contribution >= 0.6 is 34.3 Å². The number of thiazole rings is 1. The monoisotopic (exact) mass is 392 g/mol. The van der Waals surface area contributed by atoms with E-state index in [9.17, 15) is 9.59 Å². The van der Waals surface area contributed by atoms with Gasteiger partial charge in [-0.25, -0.2) is 4.98 Å². The van der Waals surface area contributed by atoms with Crippen LogP contribution < -0.4 is 5.32 Å². The smallest absolute Gasteiger partial charge is 0.220 e. The molecule has 0 radical (unpaired) electrons. The molecule has 0 fully saturated rings. The number of nitrogens with one attached hydrogen (secondary N) is 1. The molecule has 1 atom stereocenters. The average molecular weight is 393 g/mol. The minimum Gasteiger partial charge on any atom is -0.355 e. The number of fused-ring (bicyclic) bond motifs is 1. The summed E-state index contributed by atoms with van der Waals surface area (Å²) in [5, 5.41) is 3.90. The number of nitrogens with zero attached hydrogens (tertiary/aromatic N) is 1. The maximum atomic E-state index is 12.0. The molecule has 0 bridgehead atoms. The van der Waals surface area contributed by atoms with E-state index in [1.54, 1.807) is 23.5 Å². The van der Waals surface area contributed by atoms with Gasteiger partial charge < -0.3 is 5.32 Å². The molecule has 4 nitrogen and oxygen atoms in total. The molecule has 2 aromatic heterocycles. The molecule has 0 saturated heterocycles. The molecule has 25 heavy (non-hydrogen) atoms. The molecule has 2 heterocycles. The van der Waals surface area contributed by atoms with Gasteiger partial charge >= 0.3 is 0 Å². The highest BCUT2D eigenvalue weighted by Crippen LogP contribution is 2.27. The lowest BCUT2D eigenvalue weighted by Gasteiger charge is -2.09. The minimum absolute atomic E-state index is 0.0497. The highest BCUT2D eigenvalue weighted by molar-refractivity contribution is 7.18. The van der Waals surface area contributed by atoms with E-state index in [0.29, 0.717) is 15.8 Å². The first kappa shape index (κ1) is 18.0. The summed E-state index contributed by atoms with van der Waals surface area (Å²) >= 11 is 8.71. The second kappa shape index (κ2) is 8.08. The fourth-order valence-electron chi connectivity index (χ4n) is 2.36. The van der Waals surface area contributed by atoms with Gasteiger partial charge in [-0.3, -0.25) is 9.59 Å². The number of amides is 1. The van der Waals surface area contributed by atoms with Crippen molar-refractivity contribution in [3.8, 4) is 0 Å². The Morgan fingerprint density at radius 1 is 1.16 bits per heavy atom. The molecule has 0 aliphatic carbocycles. The van der Waals surface area contributed by atoms with E-state index < -0.39 is 0 Å². The lowest BCUT2D eigenvalue weighted by atomic mass is 10.1. The number of thiophene rings is 1. The van der Waals surface area contributed by atoms with Crippen LogP contribution in [0.5, 0.6) is 0 Å². The van der Waals surface area contributed by atoms with E-state index in [0.717, 1.165) is 15.2 Å². The van der Waals surface area contributed by atoms with E-state index in [1.807, 2.05) is 31.2 Å². The number of aromatic nitrogens is 1. The summed E-state index contributed by atoms with van der Waals surface area (Å²) in [6, 6.07) is 11.4. The standard InChI is InChI=1S/C18H17ClN2O2S2/c1-11(18-21-12-4-2-3-5-14(12)25-18)10-20-17(23)9-6-13(22)15-7-8-16(19)24-15/h2-5,7-8,11H,6,9-10H2,1H3,(H,20,23). The van der Waals surface area contributed by atoms with E-state index in [1.165, 1.54) is 11.3 Å². The fraction of sp³-hybridized carbons (Fsp3) is 0.278. The number of rotatable bonds is 7. The van der Waals surface area contributed by atoms with Gasteiger partial charge in [0.05, 0.1) is 24.4 Å². The van der Waals surface area contributed by atoms with Crippen molar-refractivity contribution < 1.29 is 9.59 Å². The lowest BCUT2D eigenvalue weighted by Crippen LogP contribution is -2.27. The fourth-order valence-corrected chi connectivity index (χ4v) is 4.39. The third-order valence-corrected chi connectivity index (χ3v) is 6.30. The van der Waals surface area contributed by atoms with E-state index >= 15 is 0 Å². The van der Waals surface area contributed by atoms with Gasteiger partial charge in [0.25, 0.3) is 0 Å². The van der Waals surface area contributed by atoms with Crippen molar-refractivity contribution in [2.45, 2.75) is 25.7 Å². The van der Waals surface area contributed by atoms with Gasteiger partial charge in [0.2, 0.25) is 5.91 Å². The molecule has 0 saturated carbocycles. The predicted molar refractivity (Wildman–Crippen MR) is 104 cm³/mol. The molecule has 1 N–H and O–H groups in total. The second-order valence-corrected chi connectivity index (χ2v) is 8.53. The van der Waals surface area contributed by atoms with Crippen molar-refractivity contribution in [2.75, 3.05) is 6.54 Å². The van der Waals surface area contributed by atoms with Crippen LogP contribution in [0, 0.1) is 0 Å². The number of benzene rings is 1. The number of Topliss-reactive ketones (excluding diaryl/α,β-unsaturated/α-hetero) is 1. The van der Waals surface area contributed by atoms with Crippen LogP contribution in [0.4, 0.5) is 0 Å². The number of carbonyl (C=O) groups is 2. The van der Waals surface area contributed by atoms with Crippen molar-refractivity contribution >= 4 is 56.2 Å². The van der Waals surface area contributed by atoms with Gasteiger partial charge in [0.15, 0.2) is 5.78 Å². The largest absolute Gasteiger partial charge is 0.355 e. The molecule has 0 aliphatic rings. The molecule has 0 spiro atoms. The summed E-state index contributed by atoms with van der Waals surface area (Å²) in [4.78, 5) is 29.2. The number of carbonyl (C=O) groups excluding carboxylic acids is 2. The van der Waals surface area contributed by atoms with Gasteiger partial charge in [-0.05, 0) is 24.3 Å². The first-order valence-electron chi connectivity index (χ1n) is 7.93. The van der Waals surface area contributed by atoms with E-state index in [4.69, 9.17) is 11.6 Å². The van der Waals surface area contributed by atoms with Gasteiger partial charge in [0, 0.05) is 25.3 Å². The Kier molecular flexibility index (Phi) is 5.83. The molecule has 1 amide bonds. The third-order valence-electron chi connectivity index (χ3n) is 3.76. The SMILES string of the molecule is CC(CNC(=O)CCC(=O)c1ccc(Cl)s1)c1nc2ccccc2s1. The highest BCUT2D eigenvalue weighted by Gasteiger charge is 2.14.